The van der Waals surface area contributed by atoms with Crippen LogP contribution in [0.25, 0.3) is 0 Å². The molecular formula is C88H152I6N17O13S5-. The number of nitrogens with two attached hydrogens (primary N) is 2. The summed E-state index contributed by atoms with van der Waals surface area (Å²) in [5.41, 5.74) is 19.8. The van der Waals surface area contributed by atoms with Gasteiger partial charge in [-0.15, -0.1) is 80.7 Å². The van der Waals surface area contributed by atoms with Gasteiger partial charge in [-0.2, -0.15) is 0 Å². The Morgan fingerprint density at radius 3 is 1.30 bits per heavy atom. The Bertz CT molecular complexity index is 3760. The molecule has 3 fully saturated rings. The fourth-order valence-electron chi connectivity index (χ4n) is 12.2. The summed E-state index contributed by atoms with van der Waals surface area (Å²) in [5, 5.41) is 24.9. The molecule has 0 radical (unpaired) electrons. The number of ether oxygens (including phenoxy) is 5. The van der Waals surface area contributed by atoms with Crippen LogP contribution in [0.15, 0.2) is 76.5 Å². The first kappa shape index (κ1) is 128. The summed E-state index contributed by atoms with van der Waals surface area (Å²) in [6.07, 6.45) is 13.3. The number of alkyl carbamates (subject to hydrolysis) is 2. The van der Waals surface area contributed by atoms with Gasteiger partial charge < -0.3 is 61.3 Å². The van der Waals surface area contributed by atoms with Gasteiger partial charge in [-0.1, -0.05) is 62.3 Å². The standard InChI is InChI=1S/C20H28N4O4S2.C14H29N.C13H28N2.C12H26N2.C11H8N2O5S.C8H12N2O2S.C7H11N3O2S.C3H9N.I3.I2.HI/c1-12(2)18(16(25)6-17(26)28-9-15-7-21-11-30-15)23-20(27)24(5)8-14-10-29-19(22-14)13(3)4;1-13(2,3)11-12-7-9-15(10-8-12)14(4,5)6;1-12(2,3)14-11-7-9-15(10-8-11)13(4,5)6;1-11(2,3)13-7-9-14(10-8-13)12(4,5)6;14-11(17-6-10-5-12-7-19-10)18-9-3-1-8(2-4-9)13(15)16;1-2-3-10-8(11)12-5-7-4-9-6-13-7;8-1-2-10-7(11)12-4-6-3-9-5-13-6;1-2-3-4;1-3-2;1-2;/h7,10-13,18H,6,8-9H2,1-5H3,(H,23,27);12H,7-11H2,1-6H3;11,14H,7-10H2,1-6H3;7-10H2,1-6H3;1-5,7H,6H2;4,6H,2-3,5H2,1H3,(H,10,11);3,5H,1-2,4,8H2,(H,10,11);2-4H2,1H3;;;1H/q;;;;;;;;-1;;/t18-;;;;;;;;;;/m0........../s1. The van der Waals surface area contributed by atoms with Gasteiger partial charge >= 0.3 is 80.8 Å². The number of thiazole rings is 5. The van der Waals surface area contributed by atoms with E-state index in [1.165, 1.54) is 159 Å². The number of nitro groups is 1. The molecule has 3 aliphatic heterocycles. The molecule has 0 aliphatic carbocycles. The number of carbonyl (C=O) groups excluding carboxylic acids is 6. The quantitative estimate of drug-likeness (QED) is 0.00589. The zero-order chi connectivity index (χ0) is 97.4. The van der Waals surface area contributed by atoms with Gasteiger partial charge in [0.2, 0.25) is 0 Å². The number of nitro benzene ring substituents is 1. The van der Waals surface area contributed by atoms with Crippen LogP contribution in [0.1, 0.15) is 254 Å². The normalized spacial score (nSPS) is 14.2. The Kier molecular flexibility index (Phi) is 69.4. The zero-order valence-electron chi connectivity index (χ0n) is 80.8. The molecule has 8 N–H and O–H groups in total. The van der Waals surface area contributed by atoms with Gasteiger partial charge in [0.1, 0.15) is 38.6 Å². The Labute approximate surface area is 861 Å². The number of halogens is 6. The number of amides is 4. The third kappa shape index (κ3) is 63.3. The van der Waals surface area contributed by atoms with E-state index in [1.807, 2.05) is 26.2 Å². The van der Waals surface area contributed by atoms with E-state index >= 15 is 0 Å². The van der Waals surface area contributed by atoms with E-state index in [0.717, 1.165) is 55.5 Å². The molecule has 4 amide bonds. The van der Waals surface area contributed by atoms with Crippen molar-refractivity contribution in [2.45, 2.75) is 296 Å². The average Bonchev–Trinajstić information content (AvgIpc) is 1.69. The summed E-state index contributed by atoms with van der Waals surface area (Å²) in [7, 11) is 1.65. The van der Waals surface area contributed by atoms with Crippen LogP contribution in [-0.4, -0.2) is 216 Å². The largest absolute Gasteiger partial charge is 0.514 e. The van der Waals surface area contributed by atoms with Crippen LogP contribution >= 0.6 is 155 Å². The van der Waals surface area contributed by atoms with Crippen LogP contribution in [0.2, 0.25) is 0 Å². The summed E-state index contributed by atoms with van der Waals surface area (Å²) >= 11 is 16.8. The molecule has 5 aromatic heterocycles. The van der Waals surface area contributed by atoms with Gasteiger partial charge in [0.15, 0.2) is 5.78 Å². The SMILES string of the molecule is CC(C)(C)CC1CCN(C(C)(C)C)CC1.CC(C)(C)N1CCN(C(C)(C)C)CC1.CC(C)(C)NC1CCN(C(C)(C)C)CC1.CC(C)c1nc(CN(C)C(=O)N[C@H](C(=O)CC(=O)OCc2cncs2)C(C)C)cs1.CCCN.CCCNC(=O)OCc1cncs1.I.II.I[I-]I.NCCNC(=O)OCc1cncs1.O=C(OCc1cncs1)Oc1ccc([N+](=O)[O-])cc1. The first-order chi connectivity index (χ1) is 59.9. The van der Waals surface area contributed by atoms with Gasteiger partial charge in [0, 0.05) is 185 Å². The molecule has 1 aromatic carbocycles. The molecule has 740 valence electrons. The number of ketones is 1. The molecule has 1 atom stereocenters. The number of carbonyl (C=O) groups is 6. The Morgan fingerprint density at radius 1 is 0.581 bits per heavy atom. The molecule has 6 aromatic rings. The van der Waals surface area contributed by atoms with Crippen molar-refractivity contribution in [1.29, 1.82) is 0 Å². The van der Waals surface area contributed by atoms with E-state index in [1.54, 1.807) is 65.2 Å². The summed E-state index contributed by atoms with van der Waals surface area (Å²) in [5.74, 6) is 0.309. The number of hydrogen-bond donors (Lipinski definition) is 6. The number of piperazine rings is 1. The van der Waals surface area contributed by atoms with Crippen molar-refractivity contribution in [3.63, 3.8) is 0 Å². The third-order valence-electron chi connectivity index (χ3n) is 18.9. The predicted molar refractivity (Wildman–Crippen MR) is 571 cm³/mol. The number of Topliss-reactive ketones (excluding diaryl/α,β-unsaturated/α-hetero) is 1. The second-order valence-corrected chi connectivity index (χ2v) is 58.1. The van der Waals surface area contributed by atoms with Crippen molar-refractivity contribution >= 4 is 197 Å². The van der Waals surface area contributed by atoms with Crippen LogP contribution < -0.4 is 50.7 Å². The number of likely N-dealkylation sites (tertiary alicyclic amines) is 2. The summed E-state index contributed by atoms with van der Waals surface area (Å²) < 4.78 is 24.6. The minimum Gasteiger partial charge on any atom is -0.444 e. The molecule has 8 heterocycles. The van der Waals surface area contributed by atoms with E-state index in [-0.39, 0.29) is 84.6 Å². The fourth-order valence-corrected chi connectivity index (χ4v) is 15.1. The number of esters is 1. The molecule has 9 rings (SSSR count). The maximum Gasteiger partial charge on any atom is 0.514 e. The zero-order valence-corrected chi connectivity index (χ0v) is 98.0. The topological polar surface area (TPSA) is 373 Å². The Balaban J connectivity index is 0. The van der Waals surface area contributed by atoms with Crippen molar-refractivity contribution in [1.82, 2.24) is 70.7 Å². The second kappa shape index (κ2) is 69.8. The number of benzene rings is 1. The molecule has 0 bridgehead atoms. The number of aromatic nitrogens is 5. The molecule has 3 saturated heterocycles. The second-order valence-electron chi connectivity index (χ2n) is 37.1. The van der Waals surface area contributed by atoms with Crippen molar-refractivity contribution in [3.05, 3.63) is 117 Å². The van der Waals surface area contributed by atoms with Gasteiger partial charge in [-0.3, -0.25) is 59.2 Å². The number of nitrogens with one attached hydrogen (secondary N) is 4. The predicted octanol–water partition coefficient (Wildman–Crippen LogP) is 18.8. The number of piperidine rings is 2. The van der Waals surface area contributed by atoms with Crippen LogP contribution in [0.3, 0.4) is 0 Å². The molecule has 129 heavy (non-hydrogen) atoms. The summed E-state index contributed by atoms with van der Waals surface area (Å²) in [6.45, 7) is 66.7. The number of nitrogens with zero attached hydrogens (tertiary/aromatic N) is 11. The number of rotatable bonds is 25. The van der Waals surface area contributed by atoms with Crippen molar-refractivity contribution < 1.29 is 70.6 Å². The maximum atomic E-state index is 12.6. The smallest absolute Gasteiger partial charge is 0.444 e. The third-order valence-corrected chi connectivity index (χ3v) is 23.2. The fraction of sp³-hybridized carbons (Fsp3) is 0.693. The molecule has 41 heteroatoms. The van der Waals surface area contributed by atoms with Crippen molar-refractivity contribution in [2.75, 3.05) is 85.6 Å². The molecule has 0 saturated carbocycles. The number of hydrogen-bond acceptors (Lipinski definition) is 30. The van der Waals surface area contributed by atoms with Crippen molar-refractivity contribution in [2.24, 2.45) is 28.7 Å². The van der Waals surface area contributed by atoms with Crippen LogP contribution in [-0.2, 0) is 61.5 Å². The molecular weight excluding hydrogens is 2420 g/mol. The van der Waals surface area contributed by atoms with E-state index in [9.17, 15) is 38.9 Å². The first-order valence-corrected chi connectivity index (χ1v) is 66.4. The Hall–Kier alpha value is -2.91. The molecule has 3 aliphatic rings. The van der Waals surface area contributed by atoms with Crippen molar-refractivity contribution in [3.8, 4) is 5.75 Å². The van der Waals surface area contributed by atoms with Crippen LogP contribution in [0, 0.1) is 27.4 Å². The van der Waals surface area contributed by atoms with E-state index < -0.39 is 35.6 Å². The maximum absolute atomic E-state index is 12.6. The van der Waals surface area contributed by atoms with E-state index in [0.29, 0.717) is 85.6 Å². The first-order valence-electron chi connectivity index (χ1n) is 43.1. The number of urea groups is 1. The van der Waals surface area contributed by atoms with E-state index in [4.69, 9.17) is 35.2 Å². The summed E-state index contributed by atoms with van der Waals surface area (Å²) in [4.78, 5) is 116. The molecule has 0 spiro atoms. The van der Waals surface area contributed by atoms with Crippen LogP contribution in [0.4, 0.5) is 24.9 Å². The minimum atomic E-state index is -0.873. The van der Waals surface area contributed by atoms with Gasteiger partial charge in [0.25, 0.3) is 5.69 Å². The number of non-ortho nitro benzene ring substituents is 1. The average molecular weight is 2580 g/mol. The van der Waals surface area contributed by atoms with Gasteiger partial charge in [0.05, 0.1) is 69.8 Å². The van der Waals surface area contributed by atoms with Gasteiger partial charge in [-0.05, 0) is 198 Å². The summed E-state index contributed by atoms with van der Waals surface area (Å²) in [6, 6.07) is 4.68. The molecule has 0 unspecified atom stereocenters. The van der Waals surface area contributed by atoms with Gasteiger partial charge in [-0.25, -0.2) is 24.2 Å². The minimum absolute atomic E-state index is 0. The Morgan fingerprint density at radius 2 is 0.969 bits per heavy atom. The van der Waals surface area contributed by atoms with Crippen LogP contribution in [0.5, 0.6) is 5.75 Å². The van der Waals surface area contributed by atoms with E-state index in [2.05, 4.69) is 286 Å². The molecule has 30 nitrogen and oxygen atoms in total. The monoisotopic (exact) mass is 2580 g/mol.